The highest BCUT2D eigenvalue weighted by atomic mass is 16.5. The second kappa shape index (κ2) is 10.5. The van der Waals surface area contributed by atoms with Crippen LogP contribution in [0.3, 0.4) is 0 Å². The second-order valence-corrected chi connectivity index (χ2v) is 8.15. The number of aromatic carboxylic acids is 1. The summed E-state index contributed by atoms with van der Waals surface area (Å²) in [6.07, 6.45) is 3.52. The van der Waals surface area contributed by atoms with Crippen molar-refractivity contribution in [3.05, 3.63) is 29.3 Å². The average Bonchev–Trinajstić information content (AvgIpc) is 2.73. The van der Waals surface area contributed by atoms with Gasteiger partial charge in [-0.05, 0) is 56.3 Å². The Morgan fingerprint density at radius 3 is 2.74 bits per heavy atom. The minimum absolute atomic E-state index is 0.00439. The summed E-state index contributed by atoms with van der Waals surface area (Å²) < 4.78 is 5.42. The molecule has 2 aliphatic rings. The van der Waals surface area contributed by atoms with E-state index in [-0.39, 0.29) is 23.2 Å². The molecule has 7 N–H and O–H groups in total. The molecule has 2 heterocycles. The van der Waals surface area contributed by atoms with Gasteiger partial charge in [0.2, 0.25) is 5.91 Å². The van der Waals surface area contributed by atoms with Crippen LogP contribution in [-0.2, 0) is 11.2 Å². The summed E-state index contributed by atoms with van der Waals surface area (Å²) in [6.45, 7) is 3.43. The van der Waals surface area contributed by atoms with Gasteiger partial charge in [0.25, 0.3) is 0 Å². The molecule has 0 aromatic heterocycles. The maximum atomic E-state index is 12.4. The first-order valence-electron chi connectivity index (χ1n) is 10.6. The molecule has 2 aliphatic heterocycles. The van der Waals surface area contributed by atoms with Crippen LogP contribution < -0.4 is 21.0 Å². The standard InChI is InChI=1S/C20H30BN5O5/c22-20(23)24-8-11-26-9-6-13(7-10-26)4-5-17(27)25-16-12-14-2-1-3-15(19(28)29)18(14)31-21(16)30/h1-3,13,16,30H,4-12H2,(H,25,27)(H,28,29)(H4,22,23,24)/t16-/m0/s1. The van der Waals surface area contributed by atoms with E-state index in [4.69, 9.17) is 15.8 Å². The van der Waals surface area contributed by atoms with Gasteiger partial charge in [0.15, 0.2) is 5.96 Å². The number of hydrogen-bond acceptors (Lipinski definition) is 6. The van der Waals surface area contributed by atoms with Crippen molar-refractivity contribution < 1.29 is 24.4 Å². The minimum atomic E-state index is -1.29. The van der Waals surface area contributed by atoms with Gasteiger partial charge in [0.1, 0.15) is 5.75 Å². The van der Waals surface area contributed by atoms with Gasteiger partial charge in [0, 0.05) is 19.5 Å². The van der Waals surface area contributed by atoms with E-state index in [1.165, 1.54) is 6.07 Å². The summed E-state index contributed by atoms with van der Waals surface area (Å²) in [5.74, 6) is -1.24. The molecule has 1 atom stereocenters. The Kier molecular flexibility index (Phi) is 7.75. The molecular weight excluding hydrogens is 401 g/mol. The predicted molar refractivity (Wildman–Crippen MR) is 116 cm³/mol. The summed E-state index contributed by atoms with van der Waals surface area (Å²) >= 11 is 0. The zero-order valence-electron chi connectivity index (χ0n) is 17.5. The van der Waals surface area contributed by atoms with Crippen molar-refractivity contribution in [1.82, 2.24) is 15.5 Å². The van der Waals surface area contributed by atoms with Crippen LogP contribution in [0.25, 0.3) is 0 Å². The highest BCUT2D eigenvalue weighted by Crippen LogP contribution is 2.30. The van der Waals surface area contributed by atoms with Gasteiger partial charge in [-0.2, -0.15) is 0 Å². The summed E-state index contributed by atoms with van der Waals surface area (Å²) in [5, 5.41) is 32.3. The van der Waals surface area contributed by atoms with Crippen LogP contribution in [0.5, 0.6) is 5.75 Å². The zero-order valence-corrected chi connectivity index (χ0v) is 17.5. The van der Waals surface area contributed by atoms with Crippen molar-refractivity contribution in [2.45, 2.75) is 38.0 Å². The first-order chi connectivity index (χ1) is 14.8. The smallest absolute Gasteiger partial charge is 0.534 e. The van der Waals surface area contributed by atoms with Crippen LogP contribution in [0.1, 0.15) is 41.6 Å². The fraction of sp³-hybridized carbons (Fsp3) is 0.550. The molecule has 1 saturated heterocycles. The van der Waals surface area contributed by atoms with Gasteiger partial charge in [-0.25, -0.2) is 4.79 Å². The molecular formula is C20H30BN5O5. The number of carbonyl (C=O) groups is 2. The number of nitrogens with two attached hydrogens (primary N) is 1. The number of guanidine groups is 1. The van der Waals surface area contributed by atoms with Gasteiger partial charge in [0.05, 0.1) is 11.5 Å². The third-order valence-corrected chi connectivity index (χ3v) is 5.93. The molecule has 1 aromatic rings. The quantitative estimate of drug-likeness (QED) is 0.187. The summed E-state index contributed by atoms with van der Waals surface area (Å²) in [7, 11) is -1.29. The Labute approximate surface area is 181 Å². The number of carboxylic acid groups (broad SMARTS) is 1. The molecule has 0 unspecified atom stereocenters. The normalized spacial score (nSPS) is 19.3. The van der Waals surface area contributed by atoms with Crippen LogP contribution in [0.2, 0.25) is 0 Å². The van der Waals surface area contributed by atoms with Gasteiger partial charge in [-0.3, -0.25) is 10.2 Å². The van der Waals surface area contributed by atoms with E-state index in [1.54, 1.807) is 12.1 Å². The number of para-hydroxylation sites is 1. The predicted octanol–water partition coefficient (Wildman–Crippen LogP) is -0.201. The number of carbonyl (C=O) groups excluding carboxylic acids is 1. The number of nitrogens with zero attached hydrogens (tertiary/aromatic N) is 1. The van der Waals surface area contributed by atoms with Crippen LogP contribution in [0.4, 0.5) is 0 Å². The van der Waals surface area contributed by atoms with Crippen molar-refractivity contribution in [2.75, 3.05) is 26.2 Å². The van der Waals surface area contributed by atoms with Crippen LogP contribution in [0, 0.1) is 11.3 Å². The maximum absolute atomic E-state index is 12.4. The molecule has 0 spiro atoms. The van der Waals surface area contributed by atoms with E-state index in [1.807, 2.05) is 0 Å². The minimum Gasteiger partial charge on any atom is -0.534 e. The first-order valence-corrected chi connectivity index (χ1v) is 10.6. The topological polar surface area (TPSA) is 161 Å². The molecule has 1 aromatic carbocycles. The Morgan fingerprint density at radius 2 is 2.06 bits per heavy atom. The summed E-state index contributed by atoms with van der Waals surface area (Å²) in [4.78, 5) is 26.1. The average molecular weight is 431 g/mol. The third kappa shape index (κ3) is 6.35. The van der Waals surface area contributed by atoms with E-state index in [0.717, 1.165) is 38.9 Å². The third-order valence-electron chi connectivity index (χ3n) is 5.93. The molecule has 3 rings (SSSR count). The molecule has 11 heteroatoms. The molecule has 0 bridgehead atoms. The largest absolute Gasteiger partial charge is 0.547 e. The molecule has 0 aliphatic carbocycles. The van der Waals surface area contributed by atoms with Crippen molar-refractivity contribution in [1.29, 1.82) is 5.41 Å². The lowest BCUT2D eigenvalue weighted by molar-refractivity contribution is -0.121. The van der Waals surface area contributed by atoms with Gasteiger partial charge in [-0.15, -0.1) is 0 Å². The summed E-state index contributed by atoms with van der Waals surface area (Å²) in [6, 6.07) is 4.80. The molecule has 10 nitrogen and oxygen atoms in total. The zero-order chi connectivity index (χ0) is 22.4. The Hall–Kier alpha value is -2.79. The van der Waals surface area contributed by atoms with E-state index in [2.05, 4.69) is 15.5 Å². The molecule has 31 heavy (non-hydrogen) atoms. The maximum Gasteiger partial charge on any atom is 0.547 e. The number of nitrogens with one attached hydrogen (secondary N) is 3. The van der Waals surface area contributed by atoms with Crippen LogP contribution in [-0.4, -0.2) is 72.1 Å². The van der Waals surface area contributed by atoms with Crippen molar-refractivity contribution >= 4 is 25.0 Å². The van der Waals surface area contributed by atoms with E-state index in [9.17, 15) is 19.7 Å². The molecule has 0 saturated carbocycles. The van der Waals surface area contributed by atoms with Gasteiger partial charge < -0.3 is 36.1 Å². The monoisotopic (exact) mass is 431 g/mol. The molecule has 0 radical (unpaired) electrons. The Bertz CT molecular complexity index is 815. The highest BCUT2D eigenvalue weighted by molar-refractivity contribution is 6.47. The van der Waals surface area contributed by atoms with Crippen molar-refractivity contribution in [3.8, 4) is 5.75 Å². The lowest BCUT2D eigenvalue weighted by atomic mass is 9.72. The lowest BCUT2D eigenvalue weighted by Gasteiger charge is -2.32. The molecule has 1 amide bonds. The van der Waals surface area contributed by atoms with Crippen LogP contribution in [0.15, 0.2) is 18.2 Å². The van der Waals surface area contributed by atoms with Crippen molar-refractivity contribution in [3.63, 3.8) is 0 Å². The number of likely N-dealkylation sites (tertiary alicyclic amines) is 1. The lowest BCUT2D eigenvalue weighted by Crippen LogP contribution is -2.53. The number of amides is 1. The fourth-order valence-electron chi connectivity index (χ4n) is 4.18. The van der Waals surface area contributed by atoms with Crippen LogP contribution >= 0.6 is 0 Å². The number of rotatable bonds is 8. The van der Waals surface area contributed by atoms with E-state index in [0.29, 0.717) is 30.9 Å². The number of fused-ring (bicyclic) bond motifs is 1. The van der Waals surface area contributed by atoms with Gasteiger partial charge >= 0.3 is 13.1 Å². The number of carboxylic acids is 1. The SMILES string of the molecule is N=C(N)NCCN1CCC(CCC(=O)N[C@H]2Cc3cccc(C(=O)O)c3OB2O)CC1. The highest BCUT2D eigenvalue weighted by Gasteiger charge is 2.37. The first kappa shape index (κ1) is 22.9. The second-order valence-electron chi connectivity index (χ2n) is 8.15. The van der Waals surface area contributed by atoms with E-state index >= 15 is 0 Å². The van der Waals surface area contributed by atoms with E-state index < -0.39 is 19.0 Å². The van der Waals surface area contributed by atoms with Crippen molar-refractivity contribution in [2.24, 2.45) is 11.7 Å². The van der Waals surface area contributed by atoms with Gasteiger partial charge in [-0.1, -0.05) is 12.1 Å². The fourth-order valence-corrected chi connectivity index (χ4v) is 4.18. The summed E-state index contributed by atoms with van der Waals surface area (Å²) in [5.41, 5.74) is 5.94. The molecule has 168 valence electrons. The number of hydrogen-bond donors (Lipinski definition) is 6. The Morgan fingerprint density at radius 1 is 1.32 bits per heavy atom. The Balaban J connectivity index is 1.41. The number of benzene rings is 1. The number of piperidine rings is 1. The molecule has 1 fully saturated rings.